The third-order valence-corrected chi connectivity index (χ3v) is 6.44. The van der Waals surface area contributed by atoms with Crippen LogP contribution in [0.2, 0.25) is 0 Å². The molecule has 0 spiro atoms. The Labute approximate surface area is 173 Å². The molecule has 29 heavy (non-hydrogen) atoms. The van der Waals surface area contributed by atoms with Crippen molar-refractivity contribution in [3.63, 3.8) is 0 Å². The zero-order valence-electron chi connectivity index (χ0n) is 17.2. The number of benzene rings is 3. The van der Waals surface area contributed by atoms with Crippen molar-refractivity contribution in [3.05, 3.63) is 102 Å². The van der Waals surface area contributed by atoms with Gasteiger partial charge in [-0.25, -0.2) is 0 Å². The lowest BCUT2D eigenvalue weighted by atomic mass is 9.67. The van der Waals surface area contributed by atoms with Crippen molar-refractivity contribution >= 4 is 0 Å². The SMILES string of the molecule is CC[C@H]1[C@H](c2ccccc2)[NH2+][C@H](c2ccccc2)C[C@]1(O)c1ccccc1OC. The first-order valence-corrected chi connectivity index (χ1v) is 10.5. The molecule has 3 aromatic carbocycles. The van der Waals surface area contributed by atoms with Crippen molar-refractivity contribution in [2.75, 3.05) is 7.11 Å². The van der Waals surface area contributed by atoms with Gasteiger partial charge in [0.25, 0.3) is 0 Å². The van der Waals surface area contributed by atoms with Crippen LogP contribution in [-0.2, 0) is 5.60 Å². The maximum atomic E-state index is 12.3. The topological polar surface area (TPSA) is 46.1 Å². The van der Waals surface area contributed by atoms with Crippen LogP contribution in [-0.4, -0.2) is 12.2 Å². The van der Waals surface area contributed by atoms with Gasteiger partial charge in [0.1, 0.15) is 23.4 Å². The maximum Gasteiger partial charge on any atom is 0.124 e. The third kappa shape index (κ3) is 3.68. The molecular formula is C26H30NO2+. The molecule has 0 radical (unpaired) electrons. The molecule has 4 atom stereocenters. The predicted molar refractivity (Wildman–Crippen MR) is 116 cm³/mol. The Balaban J connectivity index is 1.85. The smallest absolute Gasteiger partial charge is 0.124 e. The van der Waals surface area contributed by atoms with Crippen LogP contribution in [0.15, 0.2) is 84.9 Å². The normalized spacial score (nSPS) is 26.8. The van der Waals surface area contributed by atoms with Crippen molar-refractivity contribution in [3.8, 4) is 5.75 Å². The Hall–Kier alpha value is -2.62. The van der Waals surface area contributed by atoms with Crippen molar-refractivity contribution in [1.29, 1.82) is 0 Å². The number of para-hydroxylation sites is 1. The third-order valence-electron chi connectivity index (χ3n) is 6.44. The molecule has 1 fully saturated rings. The van der Waals surface area contributed by atoms with Crippen LogP contribution in [0.5, 0.6) is 5.75 Å². The summed E-state index contributed by atoms with van der Waals surface area (Å²) in [6, 6.07) is 29.4. The molecular weight excluding hydrogens is 358 g/mol. The number of hydrogen-bond acceptors (Lipinski definition) is 2. The van der Waals surface area contributed by atoms with E-state index < -0.39 is 5.60 Å². The van der Waals surface area contributed by atoms with E-state index in [-0.39, 0.29) is 18.0 Å². The molecule has 0 bridgehead atoms. The Morgan fingerprint density at radius 2 is 1.48 bits per heavy atom. The second-order valence-corrected chi connectivity index (χ2v) is 7.99. The molecule has 1 saturated heterocycles. The summed E-state index contributed by atoms with van der Waals surface area (Å²) in [4.78, 5) is 0. The molecule has 0 amide bonds. The molecule has 0 saturated carbocycles. The summed E-state index contributed by atoms with van der Waals surface area (Å²) in [7, 11) is 1.68. The minimum Gasteiger partial charge on any atom is -0.496 e. The number of ether oxygens (including phenoxy) is 1. The fraction of sp³-hybridized carbons (Fsp3) is 0.308. The molecule has 0 unspecified atom stereocenters. The van der Waals surface area contributed by atoms with Crippen LogP contribution < -0.4 is 10.1 Å². The van der Waals surface area contributed by atoms with Gasteiger partial charge < -0.3 is 15.2 Å². The molecule has 3 aromatic rings. The average Bonchev–Trinajstić information content (AvgIpc) is 2.79. The zero-order valence-corrected chi connectivity index (χ0v) is 17.2. The summed E-state index contributed by atoms with van der Waals surface area (Å²) in [5.41, 5.74) is 2.42. The zero-order chi connectivity index (χ0) is 20.3. The van der Waals surface area contributed by atoms with E-state index in [1.165, 1.54) is 11.1 Å². The standard InChI is InChI=1S/C26H29NO2/c1-3-21-25(20-14-8-5-9-15-20)27-23(19-12-6-4-7-13-19)18-26(21,28)22-16-10-11-17-24(22)29-2/h4-17,21,23,25,27-28H,3,18H2,1-2H3/p+1/t21-,23-,25-,26+/m0/s1. The minimum atomic E-state index is -0.975. The van der Waals surface area contributed by atoms with Crippen molar-refractivity contribution in [2.45, 2.75) is 37.5 Å². The number of rotatable bonds is 5. The highest BCUT2D eigenvalue weighted by molar-refractivity contribution is 5.40. The number of hydrogen-bond donors (Lipinski definition) is 2. The van der Waals surface area contributed by atoms with Gasteiger partial charge in [0.15, 0.2) is 0 Å². The van der Waals surface area contributed by atoms with Gasteiger partial charge in [-0.15, -0.1) is 0 Å². The molecule has 1 aliphatic rings. The highest BCUT2D eigenvalue weighted by Gasteiger charge is 2.52. The summed E-state index contributed by atoms with van der Waals surface area (Å²) in [5, 5.41) is 14.7. The first kappa shape index (κ1) is 19.7. The van der Waals surface area contributed by atoms with Gasteiger partial charge in [-0.1, -0.05) is 85.8 Å². The Morgan fingerprint density at radius 3 is 2.10 bits per heavy atom. The summed E-state index contributed by atoms with van der Waals surface area (Å²) < 4.78 is 5.67. The van der Waals surface area contributed by atoms with Gasteiger partial charge >= 0.3 is 0 Å². The van der Waals surface area contributed by atoms with Crippen LogP contribution in [0.4, 0.5) is 0 Å². The molecule has 3 nitrogen and oxygen atoms in total. The molecule has 3 N–H and O–H groups in total. The van der Waals surface area contributed by atoms with E-state index in [2.05, 4.69) is 60.8 Å². The summed E-state index contributed by atoms with van der Waals surface area (Å²) >= 11 is 0. The average molecular weight is 389 g/mol. The van der Waals surface area contributed by atoms with E-state index in [0.29, 0.717) is 6.42 Å². The lowest BCUT2D eigenvalue weighted by Gasteiger charge is -2.46. The van der Waals surface area contributed by atoms with E-state index in [0.717, 1.165) is 17.7 Å². The maximum absolute atomic E-state index is 12.3. The van der Waals surface area contributed by atoms with Crippen LogP contribution in [0, 0.1) is 5.92 Å². The molecule has 0 aromatic heterocycles. The molecule has 3 heteroatoms. The Bertz CT molecular complexity index is 928. The number of methoxy groups -OCH3 is 1. The van der Waals surface area contributed by atoms with Crippen LogP contribution >= 0.6 is 0 Å². The van der Waals surface area contributed by atoms with Gasteiger partial charge in [-0.3, -0.25) is 0 Å². The van der Waals surface area contributed by atoms with Gasteiger partial charge in [0.2, 0.25) is 0 Å². The number of quaternary nitrogens is 1. The lowest BCUT2D eigenvalue weighted by Crippen LogP contribution is -2.91. The van der Waals surface area contributed by atoms with E-state index in [4.69, 9.17) is 4.74 Å². The fourth-order valence-corrected chi connectivity index (χ4v) is 5.09. The van der Waals surface area contributed by atoms with E-state index in [9.17, 15) is 5.11 Å². The first-order chi connectivity index (χ1) is 14.2. The fourth-order valence-electron chi connectivity index (χ4n) is 5.09. The molecule has 4 rings (SSSR count). The monoisotopic (exact) mass is 388 g/mol. The van der Waals surface area contributed by atoms with Gasteiger partial charge in [0, 0.05) is 29.0 Å². The predicted octanol–water partition coefficient (Wildman–Crippen LogP) is 4.36. The minimum absolute atomic E-state index is 0.0705. The highest BCUT2D eigenvalue weighted by Crippen LogP contribution is 2.48. The van der Waals surface area contributed by atoms with Crippen LogP contribution in [0.25, 0.3) is 0 Å². The summed E-state index contributed by atoms with van der Waals surface area (Å²) in [6.07, 6.45) is 1.53. The van der Waals surface area contributed by atoms with Gasteiger partial charge in [-0.05, 0) is 12.5 Å². The number of aliphatic hydroxyl groups is 1. The quantitative estimate of drug-likeness (QED) is 0.682. The summed E-state index contributed by atoms with van der Waals surface area (Å²) in [5.74, 6) is 0.829. The second kappa shape index (κ2) is 8.40. The highest BCUT2D eigenvalue weighted by atomic mass is 16.5. The van der Waals surface area contributed by atoms with Gasteiger partial charge in [-0.2, -0.15) is 0 Å². The molecule has 150 valence electrons. The van der Waals surface area contributed by atoms with Crippen molar-refractivity contribution in [1.82, 2.24) is 0 Å². The Kier molecular flexibility index (Phi) is 5.70. The Morgan fingerprint density at radius 1 is 0.897 bits per heavy atom. The molecule has 0 aliphatic carbocycles. The molecule has 1 heterocycles. The van der Waals surface area contributed by atoms with Gasteiger partial charge in [0.05, 0.1) is 7.11 Å². The van der Waals surface area contributed by atoms with E-state index in [1.807, 2.05) is 36.4 Å². The van der Waals surface area contributed by atoms with E-state index >= 15 is 0 Å². The molecule has 1 aliphatic heterocycles. The first-order valence-electron chi connectivity index (χ1n) is 10.5. The lowest BCUT2D eigenvalue weighted by molar-refractivity contribution is -0.758. The van der Waals surface area contributed by atoms with Crippen LogP contribution in [0.3, 0.4) is 0 Å². The summed E-state index contributed by atoms with van der Waals surface area (Å²) in [6.45, 7) is 2.18. The van der Waals surface area contributed by atoms with Crippen molar-refractivity contribution in [2.24, 2.45) is 5.92 Å². The largest absolute Gasteiger partial charge is 0.496 e. The number of piperidine rings is 1. The van der Waals surface area contributed by atoms with Crippen LogP contribution in [0.1, 0.15) is 48.5 Å². The van der Waals surface area contributed by atoms with E-state index in [1.54, 1.807) is 7.11 Å². The number of nitrogens with two attached hydrogens (primary N) is 1. The second-order valence-electron chi connectivity index (χ2n) is 7.99. The van der Waals surface area contributed by atoms with Crippen molar-refractivity contribution < 1.29 is 15.2 Å².